The quantitative estimate of drug-likeness (QED) is 0.482. The van der Waals surface area contributed by atoms with Crippen molar-refractivity contribution in [3.05, 3.63) is 79.8 Å². The average Bonchev–Trinajstić information content (AvgIpc) is 2.60. The summed E-state index contributed by atoms with van der Waals surface area (Å²) in [6, 6.07) is 9.96. The Bertz CT molecular complexity index is 868. The molecule has 2 N–H and O–H groups in total. The third-order valence-electron chi connectivity index (χ3n) is 2.99. The van der Waals surface area contributed by atoms with Crippen LogP contribution in [0.3, 0.4) is 0 Å². The number of halogens is 2. The standard InChI is InChI=1S/C16H11Cl2N3O4/c17-13-6-4-10(8-14(13)18)5-7-15(22)19-20-16(23)11-2-1-3-12(9-11)21(24)25/h1-9H,(H,19,22)(H,20,23)/b7-5+. The third-order valence-corrected chi connectivity index (χ3v) is 3.73. The molecule has 2 aromatic carbocycles. The van der Waals surface area contributed by atoms with E-state index in [1.165, 1.54) is 30.4 Å². The molecular formula is C16H11Cl2N3O4. The van der Waals surface area contributed by atoms with Crippen molar-refractivity contribution in [2.75, 3.05) is 0 Å². The summed E-state index contributed by atoms with van der Waals surface area (Å²) in [7, 11) is 0. The van der Waals surface area contributed by atoms with Crippen LogP contribution in [0, 0.1) is 10.1 Å². The summed E-state index contributed by atoms with van der Waals surface area (Å²) >= 11 is 11.7. The van der Waals surface area contributed by atoms with Crippen molar-refractivity contribution in [1.82, 2.24) is 10.9 Å². The summed E-state index contributed by atoms with van der Waals surface area (Å²) in [6.07, 6.45) is 2.67. The first kappa shape index (κ1) is 18.4. The highest BCUT2D eigenvalue weighted by Crippen LogP contribution is 2.23. The molecule has 0 unspecified atom stereocenters. The number of amides is 2. The number of hydrazine groups is 1. The Morgan fingerprint density at radius 3 is 2.48 bits per heavy atom. The first-order chi connectivity index (χ1) is 11.9. The van der Waals surface area contributed by atoms with Gasteiger partial charge in [-0.05, 0) is 29.8 Å². The minimum absolute atomic E-state index is 0.0444. The number of nitrogens with zero attached hydrogens (tertiary/aromatic N) is 1. The number of carbonyl (C=O) groups is 2. The van der Waals surface area contributed by atoms with Crippen molar-refractivity contribution in [3.8, 4) is 0 Å². The van der Waals surface area contributed by atoms with Crippen molar-refractivity contribution in [2.24, 2.45) is 0 Å². The Labute approximate surface area is 152 Å². The number of nitro groups is 1. The highest BCUT2D eigenvalue weighted by atomic mass is 35.5. The van der Waals surface area contributed by atoms with Gasteiger partial charge in [0.25, 0.3) is 17.5 Å². The van der Waals surface area contributed by atoms with E-state index in [0.29, 0.717) is 15.6 Å². The van der Waals surface area contributed by atoms with E-state index in [-0.39, 0.29) is 11.3 Å². The second kappa shape index (κ2) is 8.27. The van der Waals surface area contributed by atoms with Crippen LogP contribution < -0.4 is 10.9 Å². The van der Waals surface area contributed by atoms with Crippen LogP contribution in [-0.4, -0.2) is 16.7 Å². The van der Waals surface area contributed by atoms with Crippen LogP contribution >= 0.6 is 23.2 Å². The lowest BCUT2D eigenvalue weighted by Gasteiger charge is -2.05. The van der Waals surface area contributed by atoms with Gasteiger partial charge in [0.15, 0.2) is 0 Å². The molecule has 0 saturated heterocycles. The van der Waals surface area contributed by atoms with Crippen molar-refractivity contribution in [2.45, 2.75) is 0 Å². The first-order valence-corrected chi connectivity index (χ1v) is 7.60. The predicted octanol–water partition coefficient (Wildman–Crippen LogP) is 3.38. The number of carbonyl (C=O) groups excluding carboxylic acids is 2. The highest BCUT2D eigenvalue weighted by Gasteiger charge is 2.11. The monoisotopic (exact) mass is 379 g/mol. The molecular weight excluding hydrogens is 369 g/mol. The molecule has 0 fully saturated rings. The van der Waals surface area contributed by atoms with E-state index < -0.39 is 16.7 Å². The van der Waals surface area contributed by atoms with E-state index in [9.17, 15) is 19.7 Å². The van der Waals surface area contributed by atoms with Crippen LogP contribution in [0.25, 0.3) is 6.08 Å². The number of hydrogen-bond donors (Lipinski definition) is 2. The number of nitro benzene ring substituents is 1. The SMILES string of the molecule is O=C(/C=C/c1ccc(Cl)c(Cl)c1)NNC(=O)c1cccc([N+](=O)[O-])c1. The highest BCUT2D eigenvalue weighted by molar-refractivity contribution is 6.42. The molecule has 2 rings (SSSR count). The van der Waals surface area contributed by atoms with Gasteiger partial charge >= 0.3 is 0 Å². The Hall–Kier alpha value is -2.90. The normalized spacial score (nSPS) is 10.5. The fourth-order valence-corrected chi connectivity index (χ4v) is 2.09. The molecule has 2 amide bonds. The Morgan fingerprint density at radius 1 is 1.04 bits per heavy atom. The average molecular weight is 380 g/mol. The van der Waals surface area contributed by atoms with Crippen molar-refractivity contribution < 1.29 is 14.5 Å². The molecule has 2 aromatic rings. The minimum Gasteiger partial charge on any atom is -0.268 e. The molecule has 0 aliphatic rings. The lowest BCUT2D eigenvalue weighted by molar-refractivity contribution is -0.384. The van der Waals surface area contributed by atoms with Gasteiger partial charge in [-0.25, -0.2) is 0 Å². The van der Waals surface area contributed by atoms with Crippen LogP contribution in [0.4, 0.5) is 5.69 Å². The summed E-state index contributed by atoms with van der Waals surface area (Å²) in [5.41, 5.74) is 4.80. The molecule has 128 valence electrons. The molecule has 0 spiro atoms. The van der Waals surface area contributed by atoms with Gasteiger partial charge in [0.1, 0.15) is 0 Å². The topological polar surface area (TPSA) is 101 Å². The minimum atomic E-state index is -0.681. The van der Waals surface area contributed by atoms with E-state index >= 15 is 0 Å². The first-order valence-electron chi connectivity index (χ1n) is 6.85. The summed E-state index contributed by atoms with van der Waals surface area (Å²) in [6.45, 7) is 0. The van der Waals surface area contributed by atoms with Crippen molar-refractivity contribution in [3.63, 3.8) is 0 Å². The Kier molecular flexibility index (Phi) is 6.10. The molecule has 0 aromatic heterocycles. The molecule has 0 bridgehead atoms. The van der Waals surface area contributed by atoms with Gasteiger partial charge in [0.05, 0.1) is 15.0 Å². The molecule has 0 atom stereocenters. The summed E-state index contributed by atoms with van der Waals surface area (Å²) in [4.78, 5) is 33.6. The maximum atomic E-state index is 11.9. The maximum absolute atomic E-state index is 11.9. The van der Waals surface area contributed by atoms with Crippen LogP contribution in [-0.2, 0) is 4.79 Å². The number of benzene rings is 2. The lowest BCUT2D eigenvalue weighted by Crippen LogP contribution is -2.40. The van der Waals surface area contributed by atoms with Gasteiger partial charge in [-0.2, -0.15) is 0 Å². The van der Waals surface area contributed by atoms with E-state index in [4.69, 9.17) is 23.2 Å². The Morgan fingerprint density at radius 2 is 1.80 bits per heavy atom. The largest absolute Gasteiger partial charge is 0.270 e. The van der Waals surface area contributed by atoms with E-state index in [0.717, 1.165) is 6.07 Å². The fraction of sp³-hybridized carbons (Fsp3) is 0. The maximum Gasteiger partial charge on any atom is 0.270 e. The van der Waals surface area contributed by atoms with Crippen molar-refractivity contribution in [1.29, 1.82) is 0 Å². The number of rotatable bonds is 4. The number of nitrogens with one attached hydrogen (secondary N) is 2. The summed E-state index contributed by atoms with van der Waals surface area (Å²) in [5.74, 6) is -1.27. The third kappa shape index (κ3) is 5.30. The van der Waals surface area contributed by atoms with Crippen LogP contribution in [0.2, 0.25) is 10.0 Å². The molecule has 0 heterocycles. The Balaban J connectivity index is 1.94. The zero-order chi connectivity index (χ0) is 18.4. The zero-order valence-electron chi connectivity index (χ0n) is 12.5. The van der Waals surface area contributed by atoms with Crippen LogP contribution in [0.15, 0.2) is 48.5 Å². The van der Waals surface area contributed by atoms with E-state index in [1.54, 1.807) is 18.2 Å². The van der Waals surface area contributed by atoms with Gasteiger partial charge in [0.2, 0.25) is 0 Å². The van der Waals surface area contributed by atoms with E-state index in [1.807, 2.05) is 0 Å². The zero-order valence-corrected chi connectivity index (χ0v) is 14.0. The summed E-state index contributed by atoms with van der Waals surface area (Å²) in [5, 5.41) is 11.4. The molecule has 25 heavy (non-hydrogen) atoms. The predicted molar refractivity (Wildman–Crippen MR) is 94.2 cm³/mol. The van der Waals surface area contributed by atoms with Crippen LogP contribution in [0.5, 0.6) is 0 Å². The molecule has 0 aliphatic heterocycles. The lowest BCUT2D eigenvalue weighted by atomic mass is 10.2. The fourth-order valence-electron chi connectivity index (χ4n) is 1.78. The molecule has 0 radical (unpaired) electrons. The molecule has 7 nitrogen and oxygen atoms in total. The second-order valence-electron chi connectivity index (χ2n) is 4.76. The second-order valence-corrected chi connectivity index (χ2v) is 5.57. The van der Waals surface area contributed by atoms with Gasteiger partial charge in [-0.1, -0.05) is 35.3 Å². The van der Waals surface area contributed by atoms with Gasteiger partial charge in [-0.3, -0.25) is 30.6 Å². The molecule has 0 aliphatic carbocycles. The van der Waals surface area contributed by atoms with Gasteiger partial charge in [-0.15, -0.1) is 0 Å². The number of hydrogen-bond acceptors (Lipinski definition) is 4. The van der Waals surface area contributed by atoms with Gasteiger partial charge in [0, 0.05) is 23.8 Å². The molecule has 9 heteroatoms. The van der Waals surface area contributed by atoms with Gasteiger partial charge < -0.3 is 0 Å². The summed E-state index contributed by atoms with van der Waals surface area (Å²) < 4.78 is 0. The van der Waals surface area contributed by atoms with E-state index in [2.05, 4.69) is 10.9 Å². The number of non-ortho nitro benzene ring substituents is 1. The smallest absolute Gasteiger partial charge is 0.268 e. The van der Waals surface area contributed by atoms with Crippen molar-refractivity contribution >= 4 is 46.8 Å². The van der Waals surface area contributed by atoms with Crippen LogP contribution in [0.1, 0.15) is 15.9 Å². The molecule has 0 saturated carbocycles.